The third-order valence-corrected chi connectivity index (χ3v) is 3.99. The van der Waals surface area contributed by atoms with E-state index in [9.17, 15) is 4.79 Å². The lowest BCUT2D eigenvalue weighted by molar-refractivity contribution is 0.258. The molecule has 0 amide bonds. The number of rotatable bonds is 3. The van der Waals surface area contributed by atoms with Crippen LogP contribution in [0.15, 0.2) is 35.1 Å². The minimum absolute atomic E-state index is 0.00841. The summed E-state index contributed by atoms with van der Waals surface area (Å²) in [4.78, 5) is 19.9. The summed E-state index contributed by atoms with van der Waals surface area (Å²) in [5.74, 6) is 0.949. The first-order valence-corrected chi connectivity index (χ1v) is 7.37. The summed E-state index contributed by atoms with van der Waals surface area (Å²) in [6.07, 6.45) is 1.20. The van der Waals surface area contributed by atoms with E-state index in [4.69, 9.17) is 0 Å². The number of aromatic nitrogens is 1. The minimum Gasteiger partial charge on any atom is -0.356 e. The molecule has 4 nitrogen and oxygen atoms in total. The Bertz CT molecular complexity index is 641. The molecule has 106 valence electrons. The van der Waals surface area contributed by atoms with Gasteiger partial charge in [-0.15, -0.1) is 0 Å². The third kappa shape index (κ3) is 2.56. The van der Waals surface area contributed by atoms with Crippen molar-refractivity contribution in [3.05, 3.63) is 40.7 Å². The first kappa shape index (κ1) is 13.2. The Morgan fingerprint density at radius 1 is 1.15 bits per heavy atom. The second-order valence-electron chi connectivity index (χ2n) is 5.40. The van der Waals surface area contributed by atoms with Gasteiger partial charge >= 0.3 is 0 Å². The number of hydrogen-bond donors (Lipinski definition) is 1. The maximum absolute atomic E-state index is 12.1. The number of anilines is 1. The molecular weight excluding hydrogens is 250 g/mol. The summed E-state index contributed by atoms with van der Waals surface area (Å²) in [7, 11) is 0. The molecule has 0 atom stereocenters. The van der Waals surface area contributed by atoms with E-state index >= 15 is 0 Å². The van der Waals surface area contributed by atoms with Crippen molar-refractivity contribution in [2.45, 2.75) is 13.3 Å². The van der Waals surface area contributed by atoms with Crippen LogP contribution in [0.5, 0.6) is 0 Å². The monoisotopic (exact) mass is 271 g/mol. The van der Waals surface area contributed by atoms with Crippen LogP contribution in [0.4, 0.5) is 5.82 Å². The minimum atomic E-state index is 0.00841. The molecule has 0 bridgehead atoms. The van der Waals surface area contributed by atoms with Gasteiger partial charge in [0.1, 0.15) is 5.82 Å². The van der Waals surface area contributed by atoms with Gasteiger partial charge in [-0.05, 0) is 30.5 Å². The maximum atomic E-state index is 12.1. The lowest BCUT2D eigenvalue weighted by Gasteiger charge is -2.35. The molecule has 0 radical (unpaired) electrons. The van der Waals surface area contributed by atoms with Gasteiger partial charge in [-0.2, -0.15) is 0 Å². The van der Waals surface area contributed by atoms with Gasteiger partial charge in [0.05, 0.1) is 0 Å². The van der Waals surface area contributed by atoms with E-state index in [-0.39, 0.29) is 5.56 Å². The van der Waals surface area contributed by atoms with Crippen LogP contribution in [0.3, 0.4) is 0 Å². The van der Waals surface area contributed by atoms with E-state index in [1.165, 1.54) is 13.0 Å². The lowest BCUT2D eigenvalue weighted by atomic mass is 10.1. The molecule has 0 aliphatic carbocycles. The fourth-order valence-corrected chi connectivity index (χ4v) is 2.90. The molecule has 3 rings (SSSR count). The predicted molar refractivity (Wildman–Crippen MR) is 83.5 cm³/mol. The molecule has 2 heterocycles. The van der Waals surface area contributed by atoms with E-state index in [0.29, 0.717) is 0 Å². The van der Waals surface area contributed by atoms with Gasteiger partial charge in [0, 0.05) is 31.6 Å². The normalized spacial score (nSPS) is 16.8. The highest BCUT2D eigenvalue weighted by Gasteiger charge is 2.17. The number of nitrogens with one attached hydrogen (secondary N) is 1. The van der Waals surface area contributed by atoms with Crippen molar-refractivity contribution in [2.75, 3.05) is 37.6 Å². The van der Waals surface area contributed by atoms with Crippen molar-refractivity contribution < 1.29 is 0 Å². The Morgan fingerprint density at radius 2 is 1.90 bits per heavy atom. The number of aromatic amines is 1. The second kappa shape index (κ2) is 5.67. The highest BCUT2D eigenvalue weighted by molar-refractivity contribution is 5.83. The number of nitrogens with zero attached hydrogens (tertiary/aromatic N) is 2. The van der Waals surface area contributed by atoms with Crippen LogP contribution in [0.1, 0.15) is 13.3 Å². The maximum Gasteiger partial charge on any atom is 0.257 e. The summed E-state index contributed by atoms with van der Waals surface area (Å²) < 4.78 is 0. The van der Waals surface area contributed by atoms with Crippen LogP contribution < -0.4 is 10.5 Å². The zero-order chi connectivity index (χ0) is 13.9. The molecule has 2 aromatic rings. The van der Waals surface area contributed by atoms with Crippen LogP contribution in [0.2, 0.25) is 0 Å². The van der Waals surface area contributed by atoms with Crippen molar-refractivity contribution in [3.8, 4) is 0 Å². The van der Waals surface area contributed by atoms with Gasteiger partial charge < -0.3 is 9.88 Å². The van der Waals surface area contributed by atoms with Crippen LogP contribution in [-0.4, -0.2) is 42.6 Å². The molecule has 1 aromatic carbocycles. The third-order valence-electron chi connectivity index (χ3n) is 3.99. The standard InChI is InChI=1S/C16H21N3O/c1-2-7-18-8-10-19(11-9-18)15-12-13-5-3-4-6-14(13)16(20)17-15/h3-6,12H,2,7-11H2,1H3,(H,17,20). The van der Waals surface area contributed by atoms with Crippen LogP contribution in [0, 0.1) is 0 Å². The Morgan fingerprint density at radius 3 is 2.65 bits per heavy atom. The van der Waals surface area contributed by atoms with E-state index in [2.05, 4.69) is 27.8 Å². The Kier molecular flexibility index (Phi) is 3.74. The number of H-pyrrole nitrogens is 1. The number of pyridine rings is 1. The highest BCUT2D eigenvalue weighted by atomic mass is 16.1. The molecule has 0 unspecified atom stereocenters. The van der Waals surface area contributed by atoms with E-state index in [1.807, 2.05) is 24.3 Å². The zero-order valence-corrected chi connectivity index (χ0v) is 11.9. The fraction of sp³-hybridized carbons (Fsp3) is 0.438. The molecule has 1 saturated heterocycles. The van der Waals surface area contributed by atoms with Crippen molar-refractivity contribution >= 4 is 16.6 Å². The van der Waals surface area contributed by atoms with Gasteiger partial charge in [-0.1, -0.05) is 25.1 Å². The quantitative estimate of drug-likeness (QED) is 0.929. The molecule has 20 heavy (non-hydrogen) atoms. The highest BCUT2D eigenvalue weighted by Crippen LogP contribution is 2.17. The van der Waals surface area contributed by atoms with Gasteiger partial charge in [0.25, 0.3) is 5.56 Å². The molecule has 0 spiro atoms. The van der Waals surface area contributed by atoms with Crippen molar-refractivity contribution in [2.24, 2.45) is 0 Å². The number of benzene rings is 1. The van der Waals surface area contributed by atoms with E-state index < -0.39 is 0 Å². The average molecular weight is 271 g/mol. The summed E-state index contributed by atoms with van der Waals surface area (Å²) in [5.41, 5.74) is 0.00841. The Hall–Kier alpha value is -1.81. The first-order chi connectivity index (χ1) is 9.78. The van der Waals surface area contributed by atoms with Gasteiger partial charge in [0.2, 0.25) is 0 Å². The summed E-state index contributed by atoms with van der Waals surface area (Å²) >= 11 is 0. The van der Waals surface area contributed by atoms with Gasteiger partial charge in [-0.3, -0.25) is 9.69 Å². The summed E-state index contributed by atoms with van der Waals surface area (Å²) in [5, 5.41) is 1.78. The van der Waals surface area contributed by atoms with Crippen LogP contribution >= 0.6 is 0 Å². The Labute approximate surface area is 119 Å². The smallest absolute Gasteiger partial charge is 0.257 e. The average Bonchev–Trinajstić information content (AvgIpc) is 2.48. The lowest BCUT2D eigenvalue weighted by Crippen LogP contribution is -2.47. The molecular formula is C16H21N3O. The molecule has 1 fully saturated rings. The van der Waals surface area contributed by atoms with Crippen LogP contribution in [-0.2, 0) is 0 Å². The van der Waals surface area contributed by atoms with Crippen molar-refractivity contribution in [1.29, 1.82) is 0 Å². The van der Waals surface area contributed by atoms with E-state index in [0.717, 1.165) is 42.8 Å². The number of hydrogen-bond acceptors (Lipinski definition) is 3. The first-order valence-electron chi connectivity index (χ1n) is 7.37. The summed E-state index contributed by atoms with van der Waals surface area (Å²) in [6, 6.07) is 9.84. The largest absolute Gasteiger partial charge is 0.356 e. The molecule has 1 aliphatic rings. The molecule has 1 aromatic heterocycles. The van der Waals surface area contributed by atoms with Gasteiger partial charge in [-0.25, -0.2) is 0 Å². The predicted octanol–water partition coefficient (Wildman–Crippen LogP) is 2.06. The van der Waals surface area contributed by atoms with Gasteiger partial charge in [0.15, 0.2) is 0 Å². The Balaban J connectivity index is 1.83. The SMILES string of the molecule is CCCN1CCN(c2cc3ccccc3c(=O)[nH]2)CC1. The van der Waals surface area contributed by atoms with E-state index in [1.54, 1.807) is 0 Å². The number of piperazine rings is 1. The topological polar surface area (TPSA) is 39.3 Å². The van der Waals surface area contributed by atoms with Crippen molar-refractivity contribution in [3.63, 3.8) is 0 Å². The second-order valence-corrected chi connectivity index (χ2v) is 5.40. The molecule has 0 saturated carbocycles. The molecule has 4 heteroatoms. The number of fused-ring (bicyclic) bond motifs is 1. The molecule has 1 N–H and O–H groups in total. The summed E-state index contributed by atoms with van der Waals surface area (Å²) in [6.45, 7) is 7.49. The fourth-order valence-electron chi connectivity index (χ4n) is 2.90. The van der Waals surface area contributed by atoms with Crippen molar-refractivity contribution in [1.82, 2.24) is 9.88 Å². The van der Waals surface area contributed by atoms with Crippen LogP contribution in [0.25, 0.3) is 10.8 Å². The zero-order valence-electron chi connectivity index (χ0n) is 11.9. The molecule has 1 aliphatic heterocycles.